The Kier molecular flexibility index (Phi) is 6.39. The van der Waals surface area contributed by atoms with Gasteiger partial charge in [-0.25, -0.2) is 4.79 Å². The van der Waals surface area contributed by atoms with Gasteiger partial charge in [0.05, 0.1) is 25.3 Å². The molecule has 0 unspecified atom stereocenters. The van der Waals surface area contributed by atoms with E-state index in [4.69, 9.17) is 18.9 Å². The van der Waals surface area contributed by atoms with Crippen LogP contribution in [0, 0.1) is 6.92 Å². The van der Waals surface area contributed by atoms with Crippen LogP contribution in [0.5, 0.6) is 23.0 Å². The molecular weight excluding hydrogens is 444 g/mol. The Morgan fingerprint density at radius 2 is 1.51 bits per heavy atom. The van der Waals surface area contributed by atoms with Crippen LogP contribution in [0.15, 0.2) is 60.4 Å². The van der Waals surface area contributed by atoms with Crippen LogP contribution >= 0.6 is 0 Å². The molecule has 6 nitrogen and oxygen atoms in total. The summed E-state index contributed by atoms with van der Waals surface area (Å²) in [5.74, 6) is 1.03. The van der Waals surface area contributed by atoms with Gasteiger partial charge in [-0.15, -0.1) is 0 Å². The quantitative estimate of drug-likeness (QED) is 0.252. The predicted molar refractivity (Wildman–Crippen MR) is 134 cm³/mol. The monoisotopic (exact) mass is 472 g/mol. The van der Waals surface area contributed by atoms with Gasteiger partial charge in [0.25, 0.3) is 0 Å². The third-order valence-electron chi connectivity index (χ3n) is 5.82. The van der Waals surface area contributed by atoms with Crippen LogP contribution < -0.4 is 18.9 Å². The first-order chi connectivity index (χ1) is 16.6. The van der Waals surface area contributed by atoms with Crippen LogP contribution in [-0.2, 0) is 5.41 Å². The molecule has 0 fully saturated rings. The lowest BCUT2D eigenvalue weighted by Crippen LogP contribution is -2.10. The van der Waals surface area contributed by atoms with Crippen molar-refractivity contribution in [3.05, 3.63) is 88.2 Å². The number of carbonyl (C=O) groups excluding carboxylic acids is 2. The largest absolute Gasteiger partial charge is 0.497 e. The standard InChI is InChI=1S/C29H28O6/c1-17-11-23(34-28(31)19-13-21(32-5)15-22(14-19)33-6)16-24-26(17)27(30)25(35-24)12-18-7-9-20(10-8-18)29(2,3)4/h7-16H,1-6H3/b25-12-. The summed E-state index contributed by atoms with van der Waals surface area (Å²) in [7, 11) is 3.01. The third kappa shape index (κ3) is 5.06. The first kappa shape index (κ1) is 24.1. The van der Waals surface area contributed by atoms with Crippen LogP contribution in [0.25, 0.3) is 6.08 Å². The summed E-state index contributed by atoms with van der Waals surface area (Å²) >= 11 is 0. The maximum atomic E-state index is 13.0. The number of benzene rings is 3. The van der Waals surface area contributed by atoms with E-state index < -0.39 is 5.97 Å². The first-order valence-electron chi connectivity index (χ1n) is 11.2. The maximum absolute atomic E-state index is 13.0. The average molecular weight is 473 g/mol. The Hall–Kier alpha value is -4.06. The van der Waals surface area contributed by atoms with Gasteiger partial charge in [0.2, 0.25) is 5.78 Å². The molecule has 3 aromatic carbocycles. The normalized spacial score (nSPS) is 13.9. The van der Waals surface area contributed by atoms with E-state index >= 15 is 0 Å². The van der Waals surface area contributed by atoms with E-state index in [0.717, 1.165) is 5.56 Å². The molecule has 0 saturated heterocycles. The SMILES string of the molecule is COc1cc(OC)cc(C(=O)Oc2cc(C)c3c(c2)O/C(=C\c2ccc(C(C)(C)C)cc2)C3=O)c1. The zero-order valence-electron chi connectivity index (χ0n) is 20.7. The Bertz CT molecular complexity index is 1300. The van der Waals surface area contributed by atoms with Gasteiger partial charge in [-0.2, -0.15) is 0 Å². The summed E-state index contributed by atoms with van der Waals surface area (Å²) in [4.78, 5) is 25.8. The van der Waals surface area contributed by atoms with Gasteiger partial charge in [-0.05, 0) is 53.3 Å². The molecule has 0 aliphatic carbocycles. The number of ketones is 1. The van der Waals surface area contributed by atoms with Crippen molar-refractivity contribution in [2.75, 3.05) is 14.2 Å². The van der Waals surface area contributed by atoms with Gasteiger partial charge in [0, 0.05) is 12.1 Å². The number of hydrogen-bond acceptors (Lipinski definition) is 6. The summed E-state index contributed by atoms with van der Waals surface area (Å²) in [6.07, 6.45) is 1.72. The van der Waals surface area contributed by atoms with Gasteiger partial charge in [0.15, 0.2) is 5.76 Å². The second-order valence-electron chi connectivity index (χ2n) is 9.42. The predicted octanol–water partition coefficient (Wildman–Crippen LogP) is 6.15. The van der Waals surface area contributed by atoms with Crippen molar-refractivity contribution >= 4 is 17.8 Å². The van der Waals surface area contributed by atoms with Crippen LogP contribution in [0.2, 0.25) is 0 Å². The Balaban J connectivity index is 1.57. The Labute approximate surface area is 205 Å². The maximum Gasteiger partial charge on any atom is 0.343 e. The number of esters is 1. The summed E-state index contributed by atoms with van der Waals surface area (Å²) in [5.41, 5.74) is 3.51. The molecule has 0 amide bonds. The second-order valence-corrected chi connectivity index (χ2v) is 9.42. The number of aryl methyl sites for hydroxylation is 1. The average Bonchev–Trinajstić information content (AvgIpc) is 3.13. The number of carbonyl (C=O) groups is 2. The van der Waals surface area contributed by atoms with E-state index in [1.165, 1.54) is 19.8 Å². The number of fused-ring (bicyclic) bond motifs is 1. The molecule has 0 aromatic heterocycles. The first-order valence-corrected chi connectivity index (χ1v) is 11.2. The molecule has 3 aromatic rings. The van der Waals surface area contributed by atoms with E-state index in [2.05, 4.69) is 32.9 Å². The second kappa shape index (κ2) is 9.29. The van der Waals surface area contributed by atoms with E-state index in [1.54, 1.807) is 43.3 Å². The molecule has 1 aliphatic rings. The lowest BCUT2D eigenvalue weighted by atomic mass is 9.86. The highest BCUT2D eigenvalue weighted by atomic mass is 16.5. The molecule has 0 saturated carbocycles. The van der Waals surface area contributed by atoms with Gasteiger partial charge in [0.1, 0.15) is 23.0 Å². The lowest BCUT2D eigenvalue weighted by Gasteiger charge is -2.18. The minimum absolute atomic E-state index is 0.0442. The van der Waals surface area contributed by atoms with Gasteiger partial charge < -0.3 is 18.9 Å². The van der Waals surface area contributed by atoms with Gasteiger partial charge >= 0.3 is 5.97 Å². The molecule has 0 bridgehead atoms. The van der Waals surface area contributed by atoms with Crippen LogP contribution in [0.3, 0.4) is 0 Å². The smallest absolute Gasteiger partial charge is 0.343 e. The number of rotatable bonds is 5. The molecule has 4 rings (SSSR count). The number of hydrogen-bond donors (Lipinski definition) is 0. The van der Waals surface area contributed by atoms with E-state index in [0.29, 0.717) is 28.4 Å². The summed E-state index contributed by atoms with van der Waals surface area (Å²) in [5, 5.41) is 0. The van der Waals surface area contributed by atoms with E-state index in [1.807, 2.05) is 12.1 Å². The minimum atomic E-state index is -0.583. The number of ether oxygens (including phenoxy) is 4. The Morgan fingerprint density at radius 3 is 2.09 bits per heavy atom. The molecule has 0 N–H and O–H groups in total. The Morgan fingerprint density at radius 1 is 0.886 bits per heavy atom. The molecule has 1 heterocycles. The van der Waals surface area contributed by atoms with Crippen molar-refractivity contribution in [3.63, 3.8) is 0 Å². The third-order valence-corrected chi connectivity index (χ3v) is 5.82. The highest BCUT2D eigenvalue weighted by molar-refractivity contribution is 6.15. The highest BCUT2D eigenvalue weighted by Gasteiger charge is 2.30. The van der Waals surface area contributed by atoms with Gasteiger partial charge in [-0.1, -0.05) is 45.0 Å². The van der Waals surface area contributed by atoms with Crippen molar-refractivity contribution in [1.82, 2.24) is 0 Å². The minimum Gasteiger partial charge on any atom is -0.497 e. The molecule has 0 spiro atoms. The van der Waals surface area contributed by atoms with Gasteiger partial charge in [-0.3, -0.25) is 4.79 Å². The van der Waals surface area contributed by atoms with E-state index in [-0.39, 0.29) is 28.3 Å². The lowest BCUT2D eigenvalue weighted by molar-refractivity contribution is 0.0733. The fourth-order valence-electron chi connectivity index (χ4n) is 3.86. The van der Waals surface area contributed by atoms with E-state index in [9.17, 15) is 9.59 Å². The topological polar surface area (TPSA) is 71.1 Å². The molecule has 6 heteroatoms. The van der Waals surface area contributed by atoms with Crippen LogP contribution in [0.1, 0.15) is 58.2 Å². The highest BCUT2D eigenvalue weighted by Crippen LogP contribution is 2.38. The number of Topliss-reactive ketones (excluding diaryl/α,β-unsaturated/α-hetero) is 1. The number of methoxy groups -OCH3 is 2. The van der Waals surface area contributed by atoms with Crippen molar-refractivity contribution in [1.29, 1.82) is 0 Å². The number of allylic oxidation sites excluding steroid dienone is 1. The summed E-state index contributed by atoms with van der Waals surface area (Å²) < 4.78 is 21.9. The van der Waals surface area contributed by atoms with Crippen molar-refractivity contribution < 1.29 is 28.5 Å². The molecule has 1 aliphatic heterocycles. The van der Waals surface area contributed by atoms with Crippen LogP contribution in [0.4, 0.5) is 0 Å². The zero-order chi connectivity index (χ0) is 25.3. The molecule has 0 radical (unpaired) electrons. The summed E-state index contributed by atoms with van der Waals surface area (Å²) in [6.45, 7) is 8.24. The summed E-state index contributed by atoms with van der Waals surface area (Å²) in [6, 6.07) is 16.0. The van der Waals surface area contributed by atoms with Crippen molar-refractivity contribution in [3.8, 4) is 23.0 Å². The molecule has 35 heavy (non-hydrogen) atoms. The molecule has 180 valence electrons. The van der Waals surface area contributed by atoms with Crippen LogP contribution in [-0.4, -0.2) is 26.0 Å². The zero-order valence-corrected chi connectivity index (χ0v) is 20.7. The fourth-order valence-corrected chi connectivity index (χ4v) is 3.86. The molecule has 0 atom stereocenters. The fraction of sp³-hybridized carbons (Fsp3) is 0.241. The van der Waals surface area contributed by atoms with Crippen molar-refractivity contribution in [2.24, 2.45) is 0 Å². The van der Waals surface area contributed by atoms with Crippen molar-refractivity contribution in [2.45, 2.75) is 33.1 Å². The molecular formula is C29H28O6.